The Balaban J connectivity index is 4.86. The van der Waals surface area contributed by atoms with Gasteiger partial charge in [0.25, 0.3) is 0 Å². The molecule has 0 spiro atoms. The van der Waals surface area contributed by atoms with Crippen molar-refractivity contribution in [2.75, 3.05) is 6.61 Å². The molecular formula is C20H37NO7. The summed E-state index contributed by atoms with van der Waals surface area (Å²) in [6.45, 7) is 15.2. The van der Waals surface area contributed by atoms with Gasteiger partial charge in [0.15, 0.2) is 0 Å². The number of esters is 2. The van der Waals surface area contributed by atoms with Gasteiger partial charge in [-0.2, -0.15) is 0 Å². The van der Waals surface area contributed by atoms with Gasteiger partial charge < -0.3 is 24.6 Å². The molecule has 2 N–H and O–H groups in total. The van der Waals surface area contributed by atoms with Crippen LogP contribution >= 0.6 is 0 Å². The van der Waals surface area contributed by atoms with Gasteiger partial charge in [0.2, 0.25) is 0 Å². The van der Waals surface area contributed by atoms with E-state index in [1.54, 1.807) is 62.3 Å². The molecule has 8 heteroatoms. The number of aliphatic hydroxyl groups excluding tert-OH is 1. The van der Waals surface area contributed by atoms with Gasteiger partial charge in [-0.1, -0.05) is 0 Å². The summed E-state index contributed by atoms with van der Waals surface area (Å²) in [5.74, 6) is -1.06. The van der Waals surface area contributed by atoms with Crippen molar-refractivity contribution in [3.05, 3.63) is 0 Å². The average Bonchev–Trinajstić information content (AvgIpc) is 2.44. The largest absolute Gasteiger partial charge is 0.463 e. The summed E-state index contributed by atoms with van der Waals surface area (Å²) < 4.78 is 15.6. The van der Waals surface area contributed by atoms with Gasteiger partial charge in [-0.05, 0) is 75.2 Å². The van der Waals surface area contributed by atoms with E-state index in [0.29, 0.717) is 0 Å². The molecule has 0 aromatic carbocycles. The number of carbonyl (C=O) groups excluding carboxylic acids is 3. The van der Waals surface area contributed by atoms with Gasteiger partial charge in [0, 0.05) is 0 Å². The minimum atomic E-state index is -0.998. The summed E-state index contributed by atoms with van der Waals surface area (Å²) in [6, 6.07) is -0.998. The van der Waals surface area contributed by atoms with Crippen molar-refractivity contribution in [3.8, 4) is 0 Å². The summed E-state index contributed by atoms with van der Waals surface area (Å²) in [5, 5.41) is 12.6. The predicted octanol–water partition coefficient (Wildman–Crippen LogP) is 2.95. The first-order chi connectivity index (χ1) is 12.4. The van der Waals surface area contributed by atoms with Crippen LogP contribution < -0.4 is 5.32 Å². The minimum absolute atomic E-state index is 0.0996. The second-order valence-corrected chi connectivity index (χ2v) is 9.81. The zero-order chi connectivity index (χ0) is 22.3. The van der Waals surface area contributed by atoms with Crippen LogP contribution in [0.1, 0.15) is 75.2 Å². The zero-order valence-electron chi connectivity index (χ0n) is 18.7. The van der Waals surface area contributed by atoms with Gasteiger partial charge in [0.1, 0.15) is 23.9 Å². The van der Waals surface area contributed by atoms with E-state index < -0.39 is 46.8 Å². The molecule has 164 valence electrons. The Kier molecular flexibility index (Phi) is 9.43. The van der Waals surface area contributed by atoms with E-state index in [0.717, 1.165) is 0 Å². The molecule has 0 aliphatic rings. The fourth-order valence-corrected chi connectivity index (χ4v) is 1.90. The summed E-state index contributed by atoms with van der Waals surface area (Å²) in [7, 11) is 0. The quantitative estimate of drug-likeness (QED) is 0.496. The van der Waals surface area contributed by atoms with Crippen molar-refractivity contribution in [1.82, 2.24) is 5.32 Å². The first kappa shape index (κ1) is 26.2. The number of amides is 1. The fourth-order valence-electron chi connectivity index (χ4n) is 1.90. The van der Waals surface area contributed by atoms with Crippen LogP contribution in [0.5, 0.6) is 0 Å². The Labute approximate surface area is 168 Å². The molecule has 0 aliphatic carbocycles. The highest BCUT2D eigenvalue weighted by molar-refractivity contribution is 5.81. The maximum Gasteiger partial charge on any atom is 0.408 e. The predicted molar refractivity (Wildman–Crippen MR) is 105 cm³/mol. The smallest absolute Gasteiger partial charge is 0.408 e. The number of aliphatic hydroxyl groups is 1. The third-order valence-corrected chi connectivity index (χ3v) is 3.19. The fraction of sp³-hybridized carbons (Fsp3) is 0.850. The standard InChI is InChI=1S/C20H37NO7/c1-18(2,3)16(24)26-12-13(22)10-11-14(15(23)27-19(4,5)6)21-17(25)28-20(7,8)9/h13-14,22H,10-12H2,1-9H3,(H,21,25)/t13-,14+/m1/s1. The molecule has 28 heavy (non-hydrogen) atoms. The second kappa shape index (κ2) is 10.1. The molecule has 0 rings (SSSR count). The zero-order valence-corrected chi connectivity index (χ0v) is 18.7. The van der Waals surface area contributed by atoms with Crippen molar-refractivity contribution in [2.24, 2.45) is 5.41 Å². The van der Waals surface area contributed by atoms with Crippen LogP contribution in [0.4, 0.5) is 4.79 Å². The van der Waals surface area contributed by atoms with Crippen LogP contribution in [-0.4, -0.2) is 53.1 Å². The molecule has 0 aliphatic heterocycles. The lowest BCUT2D eigenvalue weighted by Crippen LogP contribution is -2.46. The van der Waals surface area contributed by atoms with Crippen LogP contribution in [0.15, 0.2) is 0 Å². The molecule has 0 bridgehead atoms. The summed E-state index contributed by atoms with van der Waals surface area (Å²) >= 11 is 0. The minimum Gasteiger partial charge on any atom is -0.463 e. The Hall–Kier alpha value is -1.83. The first-order valence-electron chi connectivity index (χ1n) is 9.48. The number of hydrogen-bond acceptors (Lipinski definition) is 7. The van der Waals surface area contributed by atoms with Crippen LogP contribution in [0.3, 0.4) is 0 Å². The summed E-state index contributed by atoms with van der Waals surface area (Å²) in [5.41, 5.74) is -2.12. The van der Waals surface area contributed by atoms with Crippen LogP contribution in [-0.2, 0) is 23.8 Å². The Morgan fingerprint density at radius 1 is 0.857 bits per heavy atom. The highest BCUT2D eigenvalue weighted by Crippen LogP contribution is 2.16. The van der Waals surface area contributed by atoms with Gasteiger partial charge in [-0.3, -0.25) is 4.79 Å². The lowest BCUT2D eigenvalue weighted by Gasteiger charge is -2.26. The van der Waals surface area contributed by atoms with Crippen molar-refractivity contribution < 1.29 is 33.7 Å². The number of alkyl carbamates (subject to hydrolysis) is 1. The Morgan fingerprint density at radius 2 is 1.36 bits per heavy atom. The summed E-state index contributed by atoms with van der Waals surface area (Å²) in [4.78, 5) is 36.2. The number of ether oxygens (including phenoxy) is 3. The molecule has 0 fully saturated rings. The van der Waals surface area contributed by atoms with E-state index in [4.69, 9.17) is 14.2 Å². The van der Waals surface area contributed by atoms with Gasteiger partial charge in [-0.15, -0.1) is 0 Å². The van der Waals surface area contributed by atoms with Crippen molar-refractivity contribution >= 4 is 18.0 Å². The average molecular weight is 404 g/mol. The van der Waals surface area contributed by atoms with Crippen LogP contribution in [0, 0.1) is 5.41 Å². The van der Waals surface area contributed by atoms with Gasteiger partial charge in [0.05, 0.1) is 11.5 Å². The van der Waals surface area contributed by atoms with Crippen LogP contribution in [0.2, 0.25) is 0 Å². The molecule has 0 aromatic rings. The van der Waals surface area contributed by atoms with E-state index in [2.05, 4.69) is 5.32 Å². The third-order valence-electron chi connectivity index (χ3n) is 3.19. The molecule has 8 nitrogen and oxygen atoms in total. The highest BCUT2D eigenvalue weighted by Gasteiger charge is 2.29. The SMILES string of the molecule is CC(C)(C)OC(=O)N[C@@H](CC[C@@H](O)COC(=O)C(C)(C)C)C(=O)OC(C)(C)C. The number of hydrogen-bond donors (Lipinski definition) is 2. The second-order valence-electron chi connectivity index (χ2n) is 9.81. The van der Waals surface area contributed by atoms with Crippen molar-refractivity contribution in [2.45, 2.75) is 98.5 Å². The molecule has 1 amide bonds. The van der Waals surface area contributed by atoms with E-state index in [-0.39, 0.29) is 19.4 Å². The van der Waals surface area contributed by atoms with E-state index in [1.165, 1.54) is 0 Å². The Bertz CT molecular complexity index is 538. The molecule has 0 radical (unpaired) electrons. The van der Waals surface area contributed by atoms with E-state index in [9.17, 15) is 19.5 Å². The monoisotopic (exact) mass is 403 g/mol. The van der Waals surface area contributed by atoms with Gasteiger partial charge >= 0.3 is 18.0 Å². The van der Waals surface area contributed by atoms with Gasteiger partial charge in [-0.25, -0.2) is 9.59 Å². The lowest BCUT2D eigenvalue weighted by molar-refractivity contribution is -0.159. The maximum absolute atomic E-state index is 12.4. The third kappa shape index (κ3) is 12.5. The van der Waals surface area contributed by atoms with E-state index >= 15 is 0 Å². The highest BCUT2D eigenvalue weighted by atomic mass is 16.6. The molecule has 2 atom stereocenters. The summed E-state index contributed by atoms with van der Waals surface area (Å²) in [6.07, 6.45) is -1.51. The molecule has 0 unspecified atom stereocenters. The first-order valence-corrected chi connectivity index (χ1v) is 9.48. The topological polar surface area (TPSA) is 111 Å². The number of nitrogens with one attached hydrogen (secondary N) is 1. The number of carbonyl (C=O) groups is 3. The maximum atomic E-state index is 12.4. The van der Waals surface area contributed by atoms with Crippen LogP contribution in [0.25, 0.3) is 0 Å². The molecule has 0 aromatic heterocycles. The normalized spacial score (nSPS) is 14.6. The van der Waals surface area contributed by atoms with Crippen molar-refractivity contribution in [1.29, 1.82) is 0 Å². The van der Waals surface area contributed by atoms with Crippen molar-refractivity contribution in [3.63, 3.8) is 0 Å². The van der Waals surface area contributed by atoms with E-state index in [1.807, 2.05) is 0 Å². The Morgan fingerprint density at radius 3 is 1.79 bits per heavy atom. The molecule has 0 saturated carbocycles. The molecule has 0 heterocycles. The number of rotatable bonds is 7. The molecule has 0 saturated heterocycles. The lowest BCUT2D eigenvalue weighted by atomic mass is 9.97. The molecular weight excluding hydrogens is 366 g/mol.